The van der Waals surface area contributed by atoms with E-state index in [0.29, 0.717) is 30.9 Å². The number of carbonyl (C=O) groups is 1. The number of aliphatic hydroxyl groups is 1. The van der Waals surface area contributed by atoms with Crippen LogP contribution in [-0.2, 0) is 11.0 Å². The number of thiazole rings is 1. The first-order valence-corrected chi connectivity index (χ1v) is 8.23. The van der Waals surface area contributed by atoms with Gasteiger partial charge in [-0.3, -0.25) is 4.79 Å². The largest absolute Gasteiger partial charge is 0.434 e. The molecule has 1 amide bonds. The third kappa shape index (κ3) is 3.27. The maximum Gasteiger partial charge on any atom is 0.434 e. The fraction of sp³-hybridized carbons (Fsp3) is 0.714. The van der Waals surface area contributed by atoms with Crippen LogP contribution in [0.25, 0.3) is 0 Å². The van der Waals surface area contributed by atoms with Crippen LogP contribution >= 0.6 is 11.3 Å². The summed E-state index contributed by atoms with van der Waals surface area (Å²) in [6.45, 7) is 0.933. The van der Waals surface area contributed by atoms with Gasteiger partial charge in [0, 0.05) is 24.4 Å². The highest BCUT2D eigenvalue weighted by Crippen LogP contribution is 2.37. The van der Waals surface area contributed by atoms with E-state index in [-0.39, 0.29) is 17.7 Å². The molecule has 1 aliphatic carbocycles. The molecule has 2 heterocycles. The lowest BCUT2D eigenvalue weighted by molar-refractivity contribution is -0.142. The van der Waals surface area contributed by atoms with E-state index in [1.54, 1.807) is 4.90 Å². The second-order valence-corrected chi connectivity index (χ2v) is 6.84. The van der Waals surface area contributed by atoms with Crippen molar-refractivity contribution in [2.75, 3.05) is 13.1 Å². The molecule has 1 saturated carbocycles. The number of aromatic nitrogens is 1. The topological polar surface area (TPSA) is 53.4 Å². The molecule has 22 heavy (non-hydrogen) atoms. The van der Waals surface area contributed by atoms with Crippen LogP contribution in [0.5, 0.6) is 0 Å². The van der Waals surface area contributed by atoms with Crippen molar-refractivity contribution in [2.24, 2.45) is 5.92 Å². The lowest BCUT2D eigenvalue weighted by Gasteiger charge is -2.32. The van der Waals surface area contributed by atoms with Crippen molar-refractivity contribution in [1.29, 1.82) is 0 Å². The van der Waals surface area contributed by atoms with E-state index in [1.807, 2.05) is 0 Å². The Kier molecular flexibility index (Phi) is 4.15. The third-order valence-corrected chi connectivity index (χ3v) is 5.30. The lowest BCUT2D eigenvalue weighted by atomic mass is 9.97. The molecular weight excluding hydrogens is 317 g/mol. The summed E-state index contributed by atoms with van der Waals surface area (Å²) in [6.07, 6.45) is -2.35. The van der Waals surface area contributed by atoms with Crippen molar-refractivity contribution >= 4 is 17.2 Å². The van der Waals surface area contributed by atoms with Gasteiger partial charge >= 0.3 is 6.18 Å². The summed E-state index contributed by atoms with van der Waals surface area (Å²) >= 11 is 1.03. The standard InChI is InChI=1S/C14H17F3N2O2S/c15-14(16,17)10-7-22-12(18-10)9-3-5-19(6-4-9)13(21)11(20)8-1-2-8/h7-9,11,20H,1-6H2. The number of nitrogens with zero attached hydrogens (tertiary/aromatic N) is 2. The molecule has 1 aromatic heterocycles. The first-order valence-electron chi connectivity index (χ1n) is 7.35. The van der Waals surface area contributed by atoms with Crippen molar-refractivity contribution in [3.05, 3.63) is 16.1 Å². The molecule has 2 aliphatic rings. The summed E-state index contributed by atoms with van der Waals surface area (Å²) < 4.78 is 37.7. The fourth-order valence-corrected chi connectivity index (χ4v) is 3.75. The molecule has 1 aliphatic heterocycles. The minimum Gasteiger partial charge on any atom is -0.383 e. The number of rotatable bonds is 3. The number of halogens is 3. The highest BCUT2D eigenvalue weighted by molar-refractivity contribution is 7.09. The summed E-state index contributed by atoms with van der Waals surface area (Å²) in [4.78, 5) is 17.4. The molecule has 0 bridgehead atoms. The average Bonchev–Trinajstić information content (AvgIpc) is 3.21. The van der Waals surface area contributed by atoms with Gasteiger partial charge < -0.3 is 10.0 Å². The maximum absolute atomic E-state index is 12.6. The number of hydrogen-bond donors (Lipinski definition) is 1. The molecule has 2 fully saturated rings. The second-order valence-electron chi connectivity index (χ2n) is 5.95. The van der Waals surface area contributed by atoms with E-state index in [1.165, 1.54) is 0 Å². The Morgan fingerprint density at radius 1 is 1.32 bits per heavy atom. The van der Waals surface area contributed by atoms with Gasteiger partial charge in [-0.2, -0.15) is 13.2 Å². The van der Waals surface area contributed by atoms with Crippen molar-refractivity contribution in [2.45, 2.75) is 43.9 Å². The monoisotopic (exact) mass is 334 g/mol. The van der Waals surface area contributed by atoms with E-state index in [2.05, 4.69) is 4.98 Å². The number of likely N-dealkylation sites (tertiary alicyclic amines) is 1. The Balaban J connectivity index is 1.57. The van der Waals surface area contributed by atoms with E-state index in [0.717, 1.165) is 29.6 Å². The number of carbonyl (C=O) groups excluding carboxylic acids is 1. The van der Waals surface area contributed by atoms with Crippen LogP contribution in [0.2, 0.25) is 0 Å². The Morgan fingerprint density at radius 3 is 2.45 bits per heavy atom. The van der Waals surface area contributed by atoms with Crippen LogP contribution in [0.1, 0.15) is 42.3 Å². The van der Waals surface area contributed by atoms with Crippen LogP contribution in [0.15, 0.2) is 5.38 Å². The molecule has 1 aromatic rings. The van der Waals surface area contributed by atoms with Crippen LogP contribution in [-0.4, -0.2) is 40.1 Å². The molecule has 1 saturated heterocycles. The van der Waals surface area contributed by atoms with E-state index in [4.69, 9.17) is 0 Å². The molecule has 1 atom stereocenters. The normalized spacial score (nSPS) is 21.9. The Morgan fingerprint density at radius 2 is 1.95 bits per heavy atom. The van der Waals surface area contributed by atoms with Crippen LogP contribution < -0.4 is 0 Å². The fourth-order valence-electron chi connectivity index (χ4n) is 2.75. The van der Waals surface area contributed by atoms with Gasteiger partial charge in [-0.1, -0.05) is 0 Å². The van der Waals surface area contributed by atoms with Gasteiger partial charge in [0.15, 0.2) is 5.69 Å². The van der Waals surface area contributed by atoms with E-state index in [9.17, 15) is 23.1 Å². The van der Waals surface area contributed by atoms with Crippen molar-refractivity contribution in [1.82, 2.24) is 9.88 Å². The highest BCUT2D eigenvalue weighted by atomic mass is 32.1. The van der Waals surface area contributed by atoms with Gasteiger partial charge in [0.05, 0.1) is 5.01 Å². The van der Waals surface area contributed by atoms with Crippen molar-refractivity contribution < 1.29 is 23.1 Å². The maximum atomic E-state index is 12.6. The molecule has 4 nitrogen and oxygen atoms in total. The number of piperidine rings is 1. The molecule has 0 aromatic carbocycles. The summed E-state index contributed by atoms with van der Waals surface area (Å²) in [5.74, 6) is -0.183. The van der Waals surface area contributed by atoms with Gasteiger partial charge in [-0.25, -0.2) is 4.98 Å². The first-order chi connectivity index (χ1) is 10.4. The van der Waals surface area contributed by atoms with Crippen molar-refractivity contribution in [3.63, 3.8) is 0 Å². The average molecular weight is 334 g/mol. The predicted octanol–water partition coefficient (Wildman–Crippen LogP) is 2.64. The van der Waals surface area contributed by atoms with E-state index >= 15 is 0 Å². The minimum absolute atomic E-state index is 0.0387. The molecule has 1 unspecified atom stereocenters. The lowest BCUT2D eigenvalue weighted by Crippen LogP contribution is -2.44. The van der Waals surface area contributed by atoms with Gasteiger partial charge in [0.1, 0.15) is 6.10 Å². The number of aliphatic hydroxyl groups excluding tert-OH is 1. The molecule has 122 valence electrons. The number of alkyl halides is 3. The summed E-state index contributed by atoms with van der Waals surface area (Å²) in [5, 5.41) is 11.4. The molecule has 0 spiro atoms. The quantitative estimate of drug-likeness (QED) is 0.924. The number of amides is 1. The zero-order chi connectivity index (χ0) is 15.9. The van der Waals surface area contributed by atoms with Crippen LogP contribution in [0, 0.1) is 5.92 Å². The summed E-state index contributed by atoms with van der Waals surface area (Å²) in [7, 11) is 0. The highest BCUT2D eigenvalue weighted by Gasteiger charge is 2.39. The van der Waals surface area contributed by atoms with Gasteiger partial charge in [-0.05, 0) is 31.6 Å². The Labute approximate surface area is 130 Å². The Hall–Kier alpha value is -1.15. The molecule has 1 N–H and O–H groups in total. The van der Waals surface area contributed by atoms with Gasteiger partial charge in [0.2, 0.25) is 0 Å². The Bertz CT molecular complexity index is 549. The molecule has 0 radical (unpaired) electrons. The van der Waals surface area contributed by atoms with Crippen LogP contribution in [0.4, 0.5) is 13.2 Å². The second kappa shape index (κ2) is 5.81. The predicted molar refractivity (Wildman–Crippen MR) is 74.4 cm³/mol. The SMILES string of the molecule is O=C(C(O)C1CC1)N1CCC(c2nc(C(F)(F)F)cs2)CC1. The zero-order valence-electron chi connectivity index (χ0n) is 11.8. The smallest absolute Gasteiger partial charge is 0.383 e. The van der Waals surface area contributed by atoms with Gasteiger partial charge in [-0.15, -0.1) is 11.3 Å². The summed E-state index contributed by atoms with van der Waals surface area (Å²) in [6, 6.07) is 0. The van der Waals surface area contributed by atoms with Crippen molar-refractivity contribution in [3.8, 4) is 0 Å². The molecular formula is C14H17F3N2O2S. The number of hydrogen-bond acceptors (Lipinski definition) is 4. The van der Waals surface area contributed by atoms with Gasteiger partial charge in [0.25, 0.3) is 5.91 Å². The minimum atomic E-state index is -4.40. The first kappa shape index (κ1) is 15.7. The third-order valence-electron chi connectivity index (χ3n) is 4.29. The van der Waals surface area contributed by atoms with Crippen LogP contribution in [0.3, 0.4) is 0 Å². The molecule has 8 heteroatoms. The summed E-state index contributed by atoms with van der Waals surface area (Å²) in [5.41, 5.74) is -0.838. The molecule has 3 rings (SSSR count). The van der Waals surface area contributed by atoms with E-state index < -0.39 is 18.0 Å². The zero-order valence-corrected chi connectivity index (χ0v) is 12.7.